The fourth-order valence-electron chi connectivity index (χ4n) is 3.54. The summed E-state index contributed by atoms with van der Waals surface area (Å²) in [6.45, 7) is 13.0. The van der Waals surface area contributed by atoms with Gasteiger partial charge in [-0.2, -0.15) is 5.10 Å². The minimum atomic E-state index is -0.295. The second-order valence-corrected chi connectivity index (χ2v) is 10.1. The van der Waals surface area contributed by atoms with E-state index in [1.54, 1.807) is 0 Å². The van der Waals surface area contributed by atoms with Crippen molar-refractivity contribution < 1.29 is 9.53 Å². The Labute approximate surface area is 182 Å². The first-order valence-electron chi connectivity index (χ1n) is 9.79. The molecule has 2 aromatic carbocycles. The molecular weight excluding hydrogens is 428 g/mol. The summed E-state index contributed by atoms with van der Waals surface area (Å²) in [6, 6.07) is 15.8. The normalized spacial score (nSPS) is 12.6. The number of hydrogen-bond acceptors (Lipinski definition) is 3. The summed E-state index contributed by atoms with van der Waals surface area (Å²) in [5, 5.41) is 4.14. The number of carbonyl (C=O) groups excluding carboxylic acids is 1. The maximum absolute atomic E-state index is 12.0. The smallest absolute Gasteiger partial charge is 0.277 e. The van der Waals surface area contributed by atoms with Crippen LogP contribution in [-0.2, 0) is 10.2 Å². The number of carbonyl (C=O) groups is 1. The zero-order valence-corrected chi connectivity index (χ0v) is 19.8. The Balaban J connectivity index is 1.89. The van der Waals surface area contributed by atoms with Crippen molar-refractivity contribution >= 4 is 27.5 Å². The fourth-order valence-corrected chi connectivity index (χ4v) is 3.93. The monoisotopic (exact) mass is 458 g/mol. The van der Waals surface area contributed by atoms with Gasteiger partial charge in [0.15, 0.2) is 6.61 Å². The van der Waals surface area contributed by atoms with Crippen LogP contribution in [0.2, 0.25) is 0 Å². The van der Waals surface area contributed by atoms with Gasteiger partial charge >= 0.3 is 0 Å². The van der Waals surface area contributed by atoms with E-state index in [9.17, 15) is 4.79 Å². The third-order valence-electron chi connectivity index (χ3n) is 4.57. The van der Waals surface area contributed by atoms with Gasteiger partial charge in [-0.25, -0.2) is 5.43 Å². The van der Waals surface area contributed by atoms with Crippen molar-refractivity contribution in [2.75, 3.05) is 6.61 Å². The van der Waals surface area contributed by atoms with Gasteiger partial charge in [0.2, 0.25) is 0 Å². The van der Waals surface area contributed by atoms with Gasteiger partial charge in [0.1, 0.15) is 5.75 Å². The minimum absolute atomic E-state index is 0.0762. The lowest BCUT2D eigenvalue weighted by molar-refractivity contribution is -0.123. The van der Waals surface area contributed by atoms with Crippen LogP contribution in [0.15, 0.2) is 58.1 Å². The van der Waals surface area contributed by atoms with Crippen LogP contribution in [0.5, 0.6) is 5.75 Å². The average Bonchev–Trinajstić information content (AvgIpc) is 2.63. The molecule has 4 nitrogen and oxygen atoms in total. The van der Waals surface area contributed by atoms with Crippen LogP contribution in [0.1, 0.15) is 59.1 Å². The number of hydrogen-bond donors (Lipinski definition) is 1. The molecule has 0 atom stereocenters. The molecule has 2 aromatic rings. The third-order valence-corrected chi connectivity index (χ3v) is 5.06. The summed E-state index contributed by atoms with van der Waals surface area (Å²) in [5.74, 6) is 0.375. The van der Waals surface area contributed by atoms with Gasteiger partial charge in [-0.1, -0.05) is 74.8 Å². The summed E-state index contributed by atoms with van der Waals surface area (Å²) in [6.07, 6.45) is 1.08. The molecular formula is C24H31BrN2O2. The zero-order chi connectivity index (χ0) is 21.7. The van der Waals surface area contributed by atoms with Crippen LogP contribution in [0.25, 0.3) is 0 Å². The van der Waals surface area contributed by atoms with Crippen molar-refractivity contribution in [3.63, 3.8) is 0 Å². The molecule has 5 heteroatoms. The maximum atomic E-state index is 12.0. The van der Waals surface area contributed by atoms with Crippen molar-refractivity contribution in [1.29, 1.82) is 0 Å². The van der Waals surface area contributed by atoms with E-state index in [2.05, 4.69) is 73.2 Å². The van der Waals surface area contributed by atoms with Crippen LogP contribution < -0.4 is 10.2 Å². The van der Waals surface area contributed by atoms with Crippen LogP contribution >= 0.6 is 15.9 Å². The minimum Gasteiger partial charge on any atom is -0.484 e. The summed E-state index contributed by atoms with van der Waals surface area (Å²) >= 11 is 3.43. The molecule has 0 saturated heterocycles. The highest BCUT2D eigenvalue weighted by Gasteiger charge is 2.27. The molecule has 1 N–H and O–H groups in total. The third kappa shape index (κ3) is 7.65. The van der Waals surface area contributed by atoms with Crippen LogP contribution in [0.3, 0.4) is 0 Å². The number of nitrogens with one attached hydrogen (secondary N) is 1. The highest BCUT2D eigenvalue weighted by molar-refractivity contribution is 9.10. The van der Waals surface area contributed by atoms with E-state index in [0.717, 1.165) is 22.2 Å². The summed E-state index contributed by atoms with van der Waals surface area (Å²) in [4.78, 5) is 12.0. The summed E-state index contributed by atoms with van der Waals surface area (Å²) in [5.41, 5.74) is 5.80. The van der Waals surface area contributed by atoms with Gasteiger partial charge in [0.25, 0.3) is 5.91 Å². The standard InChI is InChI=1S/C24H31BrN2O2/c1-17(18-8-7-9-20(25)14-18)26-27-22(28)15-29-21-12-10-19(11-13-21)24(5,6)16-23(2,3)4/h7-14H,15-16H2,1-6H3,(H,27,28)/b26-17+. The predicted molar refractivity (Wildman–Crippen MR) is 124 cm³/mol. The molecule has 0 heterocycles. The number of benzene rings is 2. The van der Waals surface area contributed by atoms with E-state index in [1.165, 1.54) is 5.56 Å². The SMILES string of the molecule is C/C(=N\NC(=O)COc1ccc(C(C)(C)CC(C)(C)C)cc1)c1cccc(Br)c1. The average molecular weight is 459 g/mol. The first-order valence-corrected chi connectivity index (χ1v) is 10.6. The Morgan fingerprint density at radius 1 is 1.07 bits per heavy atom. The molecule has 0 aromatic heterocycles. The quantitative estimate of drug-likeness (QED) is 0.403. The van der Waals surface area contributed by atoms with Gasteiger partial charge in [0, 0.05) is 4.47 Å². The number of amides is 1. The van der Waals surface area contributed by atoms with E-state index in [-0.39, 0.29) is 23.3 Å². The van der Waals surface area contributed by atoms with E-state index >= 15 is 0 Å². The summed E-state index contributed by atoms with van der Waals surface area (Å²) < 4.78 is 6.57. The lowest BCUT2D eigenvalue weighted by Crippen LogP contribution is -2.26. The highest BCUT2D eigenvalue weighted by Crippen LogP contribution is 2.36. The molecule has 0 spiro atoms. The van der Waals surface area contributed by atoms with Crippen LogP contribution in [-0.4, -0.2) is 18.2 Å². The van der Waals surface area contributed by atoms with Crippen molar-refractivity contribution in [2.45, 2.75) is 53.4 Å². The second-order valence-electron chi connectivity index (χ2n) is 9.18. The van der Waals surface area contributed by atoms with Gasteiger partial charge < -0.3 is 4.74 Å². The number of ether oxygens (including phenoxy) is 1. The van der Waals surface area contributed by atoms with E-state index < -0.39 is 0 Å². The molecule has 156 valence electrons. The molecule has 0 fully saturated rings. The molecule has 0 bridgehead atoms. The molecule has 0 saturated carbocycles. The molecule has 0 aliphatic heterocycles. The van der Waals surface area contributed by atoms with Crippen LogP contribution in [0.4, 0.5) is 0 Å². The summed E-state index contributed by atoms with van der Waals surface area (Å²) in [7, 11) is 0. The van der Waals surface area contributed by atoms with E-state index in [0.29, 0.717) is 5.75 Å². The Hall–Kier alpha value is -2.14. The number of nitrogens with zero attached hydrogens (tertiary/aromatic N) is 1. The van der Waals surface area contributed by atoms with Crippen LogP contribution in [0, 0.1) is 5.41 Å². The number of halogens is 1. The molecule has 0 radical (unpaired) electrons. The molecule has 1 amide bonds. The topological polar surface area (TPSA) is 50.7 Å². The fraction of sp³-hybridized carbons (Fsp3) is 0.417. The second kappa shape index (κ2) is 9.57. The van der Waals surface area contributed by atoms with Gasteiger partial charge in [-0.3, -0.25) is 4.79 Å². The Morgan fingerprint density at radius 3 is 2.31 bits per heavy atom. The molecule has 0 aliphatic rings. The van der Waals surface area contributed by atoms with Crippen molar-refractivity contribution in [2.24, 2.45) is 10.5 Å². The van der Waals surface area contributed by atoms with Gasteiger partial charge in [-0.05, 0) is 59.6 Å². The highest BCUT2D eigenvalue weighted by atomic mass is 79.9. The van der Waals surface area contributed by atoms with Gasteiger partial charge in [-0.15, -0.1) is 0 Å². The zero-order valence-electron chi connectivity index (χ0n) is 18.2. The lowest BCUT2D eigenvalue weighted by atomic mass is 9.72. The molecule has 2 rings (SSSR count). The number of rotatable bonds is 7. The maximum Gasteiger partial charge on any atom is 0.277 e. The predicted octanol–water partition coefficient (Wildman–Crippen LogP) is 6.08. The molecule has 0 unspecified atom stereocenters. The van der Waals surface area contributed by atoms with E-state index in [1.807, 2.05) is 43.3 Å². The Morgan fingerprint density at radius 2 is 1.72 bits per heavy atom. The molecule has 0 aliphatic carbocycles. The van der Waals surface area contributed by atoms with Crippen molar-refractivity contribution in [1.82, 2.24) is 5.43 Å². The van der Waals surface area contributed by atoms with Crippen molar-refractivity contribution in [3.05, 3.63) is 64.1 Å². The number of hydrazone groups is 1. The Bertz CT molecular complexity index is 865. The molecule has 29 heavy (non-hydrogen) atoms. The van der Waals surface area contributed by atoms with E-state index in [4.69, 9.17) is 4.74 Å². The first kappa shape index (κ1) is 23.1. The lowest BCUT2D eigenvalue weighted by Gasteiger charge is -2.33. The van der Waals surface area contributed by atoms with Gasteiger partial charge in [0.05, 0.1) is 5.71 Å². The Kier molecular flexibility index (Phi) is 7.64. The largest absolute Gasteiger partial charge is 0.484 e. The van der Waals surface area contributed by atoms with Crippen molar-refractivity contribution in [3.8, 4) is 5.75 Å². The first-order chi connectivity index (χ1) is 13.5.